The van der Waals surface area contributed by atoms with Crippen molar-refractivity contribution >= 4 is 40.1 Å². The lowest BCUT2D eigenvalue weighted by Gasteiger charge is -2.11. The second-order valence-corrected chi connectivity index (χ2v) is 6.74. The van der Waals surface area contributed by atoms with E-state index < -0.39 is 5.97 Å². The number of carbonyl (C=O) groups is 1. The van der Waals surface area contributed by atoms with Crippen LogP contribution in [0.5, 0.6) is 0 Å². The van der Waals surface area contributed by atoms with Gasteiger partial charge in [-0.3, -0.25) is 4.79 Å². The molecule has 2 aromatic carbocycles. The van der Waals surface area contributed by atoms with Crippen molar-refractivity contribution < 1.29 is 9.90 Å². The molecule has 6 heteroatoms. The van der Waals surface area contributed by atoms with E-state index in [9.17, 15) is 4.79 Å². The zero-order valence-corrected chi connectivity index (χ0v) is 15.2. The maximum atomic E-state index is 10.8. The fourth-order valence-electron chi connectivity index (χ4n) is 3.04. The van der Waals surface area contributed by atoms with Crippen LogP contribution < -0.4 is 5.32 Å². The normalized spacial score (nSPS) is 11.2. The Hall–Kier alpha value is -2.01. The highest BCUT2D eigenvalue weighted by Crippen LogP contribution is 2.29. The number of nitrogens with one attached hydrogen (secondary N) is 1. The summed E-state index contributed by atoms with van der Waals surface area (Å²) in [6.45, 7) is 3.10. The molecule has 3 aromatic rings. The average Bonchev–Trinajstić information content (AvgIpc) is 2.83. The average molecular weight is 377 g/mol. The molecule has 0 saturated carbocycles. The predicted octanol–water partition coefficient (Wildman–Crippen LogP) is 4.48. The summed E-state index contributed by atoms with van der Waals surface area (Å²) in [6, 6.07) is 13.6. The molecule has 1 heterocycles. The second-order valence-electron chi connectivity index (χ2n) is 5.90. The van der Waals surface area contributed by atoms with Crippen LogP contribution in [0.1, 0.15) is 16.8 Å². The smallest absolute Gasteiger partial charge is 0.317 e. The Kier molecular flexibility index (Phi) is 5.33. The van der Waals surface area contributed by atoms with E-state index in [1.54, 1.807) is 6.07 Å². The van der Waals surface area contributed by atoms with Gasteiger partial charge < -0.3 is 15.0 Å². The van der Waals surface area contributed by atoms with Crippen LogP contribution in [-0.4, -0.2) is 22.2 Å². The molecule has 25 heavy (non-hydrogen) atoms. The van der Waals surface area contributed by atoms with E-state index in [4.69, 9.17) is 28.3 Å². The van der Waals surface area contributed by atoms with Gasteiger partial charge in [0.25, 0.3) is 0 Å². The molecule has 0 radical (unpaired) electrons. The quantitative estimate of drug-likeness (QED) is 0.666. The lowest BCUT2D eigenvalue weighted by atomic mass is 10.1. The van der Waals surface area contributed by atoms with Crippen LogP contribution in [0.4, 0.5) is 0 Å². The minimum absolute atomic E-state index is 0.0675. The molecule has 0 bridgehead atoms. The number of nitrogens with zero attached hydrogens (tertiary/aromatic N) is 1. The summed E-state index contributed by atoms with van der Waals surface area (Å²) in [6.07, 6.45) is 0. The molecule has 4 nitrogen and oxygen atoms in total. The molecule has 0 spiro atoms. The Balaban J connectivity index is 2.00. The van der Waals surface area contributed by atoms with Crippen LogP contribution in [0.2, 0.25) is 10.0 Å². The molecule has 0 aliphatic rings. The predicted molar refractivity (Wildman–Crippen MR) is 102 cm³/mol. The summed E-state index contributed by atoms with van der Waals surface area (Å²) in [5.41, 5.74) is 4.27. The molecular formula is C19H18Cl2N2O2. The van der Waals surface area contributed by atoms with Gasteiger partial charge in [-0.15, -0.1) is 0 Å². The van der Waals surface area contributed by atoms with Crippen LogP contribution in [0.15, 0.2) is 42.5 Å². The number of carboxylic acid groups (broad SMARTS) is 1. The first-order valence-corrected chi connectivity index (χ1v) is 8.66. The third kappa shape index (κ3) is 3.82. The lowest BCUT2D eigenvalue weighted by Crippen LogP contribution is -2.22. The highest BCUT2D eigenvalue weighted by atomic mass is 35.5. The first kappa shape index (κ1) is 17.8. The summed E-state index contributed by atoms with van der Waals surface area (Å²) in [5, 5.41) is 14.2. The number of rotatable bonds is 6. The Morgan fingerprint density at radius 2 is 1.96 bits per heavy atom. The van der Waals surface area contributed by atoms with Crippen LogP contribution >= 0.6 is 23.2 Å². The Bertz CT molecular complexity index is 935. The lowest BCUT2D eigenvalue weighted by molar-refractivity contribution is -0.135. The summed E-state index contributed by atoms with van der Waals surface area (Å²) < 4.78 is 2.20. The van der Waals surface area contributed by atoms with Gasteiger partial charge in [-0.2, -0.15) is 0 Å². The van der Waals surface area contributed by atoms with Gasteiger partial charge in [0.15, 0.2) is 0 Å². The van der Waals surface area contributed by atoms with Gasteiger partial charge in [0.05, 0.1) is 6.54 Å². The SMILES string of the molecule is Cc1c(CNCC(=O)O)c2ccccc2n1Cc1ccc(Cl)cc1Cl. The molecule has 0 unspecified atom stereocenters. The van der Waals surface area contributed by atoms with Crippen LogP contribution in [-0.2, 0) is 17.9 Å². The van der Waals surface area contributed by atoms with Gasteiger partial charge in [-0.25, -0.2) is 0 Å². The number of hydrogen-bond donors (Lipinski definition) is 2. The number of carboxylic acids is 1. The maximum absolute atomic E-state index is 10.8. The van der Waals surface area contributed by atoms with Crippen molar-refractivity contribution in [2.24, 2.45) is 0 Å². The maximum Gasteiger partial charge on any atom is 0.317 e. The topological polar surface area (TPSA) is 54.3 Å². The highest BCUT2D eigenvalue weighted by molar-refractivity contribution is 6.35. The molecule has 1 aromatic heterocycles. The summed E-state index contributed by atoms with van der Waals surface area (Å²) in [4.78, 5) is 10.8. The molecule has 0 amide bonds. The monoisotopic (exact) mass is 376 g/mol. The largest absolute Gasteiger partial charge is 0.480 e. The molecule has 0 saturated heterocycles. The first-order valence-electron chi connectivity index (χ1n) is 7.90. The number of benzene rings is 2. The van der Waals surface area contributed by atoms with Crippen molar-refractivity contribution in [3.8, 4) is 0 Å². The van der Waals surface area contributed by atoms with E-state index in [2.05, 4.69) is 22.0 Å². The minimum atomic E-state index is -0.866. The summed E-state index contributed by atoms with van der Waals surface area (Å²) in [7, 11) is 0. The molecule has 3 rings (SSSR count). The molecular weight excluding hydrogens is 359 g/mol. The molecule has 0 fully saturated rings. The third-order valence-electron chi connectivity index (χ3n) is 4.28. The molecule has 0 aliphatic heterocycles. The fourth-order valence-corrected chi connectivity index (χ4v) is 3.51. The van der Waals surface area contributed by atoms with E-state index in [1.807, 2.05) is 31.2 Å². The first-order chi connectivity index (χ1) is 12.0. The van der Waals surface area contributed by atoms with E-state index >= 15 is 0 Å². The van der Waals surface area contributed by atoms with E-state index in [0.717, 1.165) is 27.7 Å². The van der Waals surface area contributed by atoms with Crippen molar-refractivity contribution in [3.63, 3.8) is 0 Å². The second kappa shape index (κ2) is 7.48. The Labute approximate surface area is 156 Å². The van der Waals surface area contributed by atoms with Crippen molar-refractivity contribution in [1.82, 2.24) is 9.88 Å². The number of aliphatic carboxylic acids is 1. The Morgan fingerprint density at radius 1 is 1.20 bits per heavy atom. The van der Waals surface area contributed by atoms with Crippen molar-refractivity contribution in [1.29, 1.82) is 0 Å². The zero-order chi connectivity index (χ0) is 18.0. The number of aromatic nitrogens is 1. The van der Waals surface area contributed by atoms with Crippen LogP contribution in [0.3, 0.4) is 0 Å². The van der Waals surface area contributed by atoms with E-state index in [-0.39, 0.29) is 6.54 Å². The number of fused-ring (bicyclic) bond motifs is 1. The highest BCUT2D eigenvalue weighted by Gasteiger charge is 2.15. The van der Waals surface area contributed by atoms with Crippen molar-refractivity contribution in [2.75, 3.05) is 6.54 Å². The standard InChI is InChI=1S/C19H18Cl2N2O2/c1-12-16(9-22-10-19(24)25)15-4-2-3-5-18(15)23(12)11-13-6-7-14(20)8-17(13)21/h2-8,22H,9-11H2,1H3,(H,24,25). The fraction of sp³-hybridized carbons (Fsp3) is 0.211. The van der Waals surface area contributed by atoms with Gasteiger partial charge in [0.2, 0.25) is 0 Å². The molecule has 0 aliphatic carbocycles. The molecule has 0 atom stereocenters. The number of para-hydroxylation sites is 1. The minimum Gasteiger partial charge on any atom is -0.480 e. The van der Waals surface area contributed by atoms with E-state index in [0.29, 0.717) is 23.1 Å². The summed E-state index contributed by atoms with van der Waals surface area (Å²) in [5.74, 6) is -0.866. The van der Waals surface area contributed by atoms with Gasteiger partial charge in [-0.05, 0) is 36.2 Å². The van der Waals surface area contributed by atoms with Gasteiger partial charge in [0, 0.05) is 39.7 Å². The van der Waals surface area contributed by atoms with Crippen molar-refractivity contribution in [3.05, 3.63) is 69.3 Å². The number of hydrogen-bond acceptors (Lipinski definition) is 2. The van der Waals surface area contributed by atoms with Gasteiger partial charge in [0.1, 0.15) is 0 Å². The van der Waals surface area contributed by atoms with Crippen LogP contribution in [0.25, 0.3) is 10.9 Å². The van der Waals surface area contributed by atoms with Crippen LogP contribution in [0, 0.1) is 6.92 Å². The molecule has 130 valence electrons. The Morgan fingerprint density at radius 3 is 2.68 bits per heavy atom. The molecule has 2 N–H and O–H groups in total. The van der Waals surface area contributed by atoms with E-state index in [1.165, 1.54) is 0 Å². The van der Waals surface area contributed by atoms with Crippen molar-refractivity contribution in [2.45, 2.75) is 20.0 Å². The van der Waals surface area contributed by atoms with Gasteiger partial charge >= 0.3 is 5.97 Å². The zero-order valence-electron chi connectivity index (χ0n) is 13.7. The third-order valence-corrected chi connectivity index (χ3v) is 4.87. The number of halogens is 2. The summed E-state index contributed by atoms with van der Waals surface area (Å²) >= 11 is 12.3. The van der Waals surface area contributed by atoms with Gasteiger partial charge in [-0.1, -0.05) is 47.5 Å².